The van der Waals surface area contributed by atoms with Crippen LogP contribution in [0.1, 0.15) is 29.9 Å². The number of sulfone groups is 1. The number of rotatable bonds is 3. The summed E-state index contributed by atoms with van der Waals surface area (Å²) >= 11 is 0. The van der Waals surface area contributed by atoms with Gasteiger partial charge in [0.25, 0.3) is 0 Å². The highest BCUT2D eigenvalue weighted by molar-refractivity contribution is 7.92. The minimum Gasteiger partial charge on any atom is -0.351 e. The van der Waals surface area contributed by atoms with Crippen LogP contribution in [-0.2, 0) is 21.1 Å². The Labute approximate surface area is 148 Å². The number of fused-ring (bicyclic) bond motifs is 3. The fourth-order valence-corrected chi connectivity index (χ4v) is 5.77. The molecule has 0 radical (unpaired) electrons. The van der Waals surface area contributed by atoms with Crippen molar-refractivity contribution in [3.63, 3.8) is 0 Å². The molecular weight excluding hydrogens is 348 g/mol. The highest BCUT2D eigenvalue weighted by Crippen LogP contribution is 2.56. The van der Waals surface area contributed by atoms with Gasteiger partial charge in [0.05, 0.1) is 0 Å². The fraction of sp³-hybridized carbons (Fsp3) is 0.588. The van der Waals surface area contributed by atoms with Gasteiger partial charge in [-0.25, -0.2) is 8.42 Å². The van der Waals surface area contributed by atoms with Crippen LogP contribution in [0.3, 0.4) is 0 Å². The number of benzene rings is 1. The molecule has 7 heteroatoms. The Hall–Kier alpha value is -1.11. The normalized spacial score (nSPS) is 29.8. The summed E-state index contributed by atoms with van der Waals surface area (Å²) in [5.41, 5.74) is 2.69. The molecule has 1 saturated carbocycles. The first-order valence-electron chi connectivity index (χ1n) is 8.23. The first kappa shape index (κ1) is 17.7. The Kier molecular flexibility index (Phi) is 4.43. The van der Waals surface area contributed by atoms with Crippen molar-refractivity contribution in [2.24, 2.45) is 5.92 Å². The third kappa shape index (κ3) is 2.55. The van der Waals surface area contributed by atoms with Gasteiger partial charge >= 0.3 is 0 Å². The molecule has 132 valence electrons. The number of halogens is 1. The number of hydrogen-bond donors (Lipinski definition) is 2. The van der Waals surface area contributed by atoms with Crippen LogP contribution in [0.4, 0.5) is 0 Å². The van der Waals surface area contributed by atoms with Gasteiger partial charge in [0, 0.05) is 18.2 Å². The van der Waals surface area contributed by atoms with E-state index >= 15 is 0 Å². The Bertz CT molecular complexity index is 759. The van der Waals surface area contributed by atoms with E-state index in [4.69, 9.17) is 0 Å². The van der Waals surface area contributed by atoms with E-state index in [0.29, 0.717) is 37.8 Å². The Balaban J connectivity index is 0.00000169. The minimum absolute atomic E-state index is 0. The van der Waals surface area contributed by atoms with Crippen LogP contribution >= 0.6 is 12.4 Å². The zero-order valence-electron chi connectivity index (χ0n) is 13.6. The van der Waals surface area contributed by atoms with Crippen LogP contribution in [0.15, 0.2) is 24.3 Å². The van der Waals surface area contributed by atoms with Crippen LogP contribution in [0.5, 0.6) is 0 Å². The molecule has 24 heavy (non-hydrogen) atoms. The first-order valence-corrected chi connectivity index (χ1v) is 10.1. The van der Waals surface area contributed by atoms with Crippen LogP contribution < -0.4 is 10.6 Å². The highest BCUT2D eigenvalue weighted by atomic mass is 35.5. The molecule has 2 aliphatic carbocycles. The fourth-order valence-electron chi connectivity index (χ4n) is 4.43. The highest BCUT2D eigenvalue weighted by Gasteiger charge is 2.58. The van der Waals surface area contributed by atoms with Gasteiger partial charge in [-0.05, 0) is 49.4 Å². The summed E-state index contributed by atoms with van der Waals surface area (Å²) in [6.07, 6.45) is 2.90. The number of carbonyl (C=O) groups excluding carboxylic acids is 1. The largest absolute Gasteiger partial charge is 0.351 e. The Morgan fingerprint density at radius 2 is 1.92 bits per heavy atom. The molecule has 0 spiro atoms. The SMILES string of the molecule is CS(=O)(=O)C1(C(=O)NC2C3Cc4ccccc4C32)CCNCC1.Cl. The third-order valence-corrected chi connectivity index (χ3v) is 7.88. The molecule has 3 aliphatic rings. The van der Waals surface area contributed by atoms with Crippen molar-refractivity contribution in [3.8, 4) is 0 Å². The lowest BCUT2D eigenvalue weighted by molar-refractivity contribution is -0.124. The maximum Gasteiger partial charge on any atom is 0.241 e. The van der Waals surface area contributed by atoms with Crippen molar-refractivity contribution in [1.82, 2.24) is 10.6 Å². The second-order valence-corrected chi connectivity index (χ2v) is 9.43. The molecule has 1 saturated heterocycles. The monoisotopic (exact) mass is 370 g/mol. The summed E-state index contributed by atoms with van der Waals surface area (Å²) in [5, 5.41) is 6.21. The summed E-state index contributed by atoms with van der Waals surface area (Å²) in [6.45, 7) is 1.14. The summed E-state index contributed by atoms with van der Waals surface area (Å²) in [4.78, 5) is 12.8. The molecule has 0 aromatic heterocycles. The molecule has 2 fully saturated rings. The van der Waals surface area contributed by atoms with Gasteiger partial charge in [-0.3, -0.25) is 4.79 Å². The molecule has 5 nitrogen and oxygen atoms in total. The number of hydrogen-bond acceptors (Lipinski definition) is 4. The zero-order chi connectivity index (χ0) is 16.2. The van der Waals surface area contributed by atoms with Crippen molar-refractivity contribution in [2.75, 3.05) is 19.3 Å². The Morgan fingerprint density at radius 3 is 2.58 bits per heavy atom. The molecule has 3 atom stereocenters. The number of amides is 1. The smallest absolute Gasteiger partial charge is 0.241 e. The number of piperidine rings is 1. The van der Waals surface area contributed by atoms with E-state index < -0.39 is 14.6 Å². The average molecular weight is 371 g/mol. The molecule has 1 amide bonds. The first-order chi connectivity index (χ1) is 10.9. The van der Waals surface area contributed by atoms with Crippen molar-refractivity contribution in [1.29, 1.82) is 0 Å². The second-order valence-electron chi connectivity index (χ2n) is 7.11. The van der Waals surface area contributed by atoms with Crippen molar-refractivity contribution >= 4 is 28.2 Å². The van der Waals surface area contributed by atoms with Crippen LogP contribution in [-0.4, -0.2) is 44.5 Å². The molecule has 1 aromatic carbocycles. The van der Waals surface area contributed by atoms with Crippen LogP contribution in [0, 0.1) is 5.92 Å². The number of nitrogens with one attached hydrogen (secondary N) is 2. The Morgan fingerprint density at radius 1 is 1.25 bits per heavy atom. The van der Waals surface area contributed by atoms with E-state index in [1.165, 1.54) is 17.4 Å². The molecular formula is C17H23ClN2O3S. The summed E-state index contributed by atoms with van der Waals surface area (Å²) < 4.78 is 23.4. The molecule has 1 heterocycles. The van der Waals surface area contributed by atoms with E-state index in [0.717, 1.165) is 6.42 Å². The van der Waals surface area contributed by atoms with Crippen molar-refractivity contribution in [3.05, 3.63) is 35.4 Å². The predicted octanol–water partition coefficient (Wildman–Crippen LogP) is 1.03. The van der Waals surface area contributed by atoms with Gasteiger partial charge in [-0.15, -0.1) is 12.4 Å². The predicted molar refractivity (Wildman–Crippen MR) is 95.2 cm³/mol. The number of carbonyl (C=O) groups is 1. The lowest BCUT2D eigenvalue weighted by Gasteiger charge is -2.34. The molecule has 1 aromatic rings. The molecule has 2 N–H and O–H groups in total. The maximum absolute atomic E-state index is 12.8. The van der Waals surface area contributed by atoms with Gasteiger partial charge in [0.2, 0.25) is 5.91 Å². The molecule has 4 rings (SSSR count). The van der Waals surface area contributed by atoms with E-state index in [-0.39, 0.29) is 24.4 Å². The molecule has 1 aliphatic heterocycles. The van der Waals surface area contributed by atoms with Crippen LogP contribution in [0.25, 0.3) is 0 Å². The quantitative estimate of drug-likeness (QED) is 0.833. The third-order valence-electron chi connectivity index (χ3n) is 5.87. The van der Waals surface area contributed by atoms with Gasteiger partial charge in [0.1, 0.15) is 0 Å². The van der Waals surface area contributed by atoms with E-state index in [9.17, 15) is 13.2 Å². The standard InChI is InChI=1S/C17H22N2O3S.ClH/c1-23(21,22)17(6-8-18-9-7-17)16(20)19-15-13-10-11-4-2-3-5-12(11)14(13)15;/h2-5,13-15,18H,6-10H2,1H3,(H,19,20);1H. The summed E-state index contributed by atoms with van der Waals surface area (Å²) in [7, 11) is -3.44. The van der Waals surface area contributed by atoms with Gasteiger partial charge in [0.15, 0.2) is 14.6 Å². The molecule has 0 bridgehead atoms. The van der Waals surface area contributed by atoms with Crippen molar-refractivity contribution < 1.29 is 13.2 Å². The summed E-state index contributed by atoms with van der Waals surface area (Å²) in [5.74, 6) is 0.515. The topological polar surface area (TPSA) is 75.3 Å². The van der Waals surface area contributed by atoms with E-state index in [1.807, 2.05) is 12.1 Å². The minimum atomic E-state index is -3.44. The van der Waals surface area contributed by atoms with Gasteiger partial charge in [-0.2, -0.15) is 0 Å². The second kappa shape index (κ2) is 6.00. The van der Waals surface area contributed by atoms with Gasteiger partial charge < -0.3 is 10.6 Å². The maximum atomic E-state index is 12.8. The van der Waals surface area contributed by atoms with Crippen LogP contribution in [0.2, 0.25) is 0 Å². The summed E-state index contributed by atoms with van der Waals surface area (Å²) in [6, 6.07) is 8.45. The van der Waals surface area contributed by atoms with E-state index in [2.05, 4.69) is 22.8 Å². The molecule has 3 unspecified atom stereocenters. The zero-order valence-corrected chi connectivity index (χ0v) is 15.3. The van der Waals surface area contributed by atoms with Crippen molar-refractivity contribution in [2.45, 2.75) is 36.0 Å². The van der Waals surface area contributed by atoms with E-state index in [1.54, 1.807) is 0 Å². The lowest BCUT2D eigenvalue weighted by Crippen LogP contribution is -2.57. The average Bonchev–Trinajstić information content (AvgIpc) is 3.04. The lowest BCUT2D eigenvalue weighted by atomic mass is 9.95. The van der Waals surface area contributed by atoms with Gasteiger partial charge in [-0.1, -0.05) is 24.3 Å².